The Hall–Kier alpha value is -3.60. The van der Waals surface area contributed by atoms with Gasteiger partial charge in [0.2, 0.25) is 0 Å². The largest absolute Gasteiger partial charge is 0.352 e. The van der Waals surface area contributed by atoms with E-state index < -0.39 is 0 Å². The number of amides is 3. The van der Waals surface area contributed by atoms with Gasteiger partial charge in [-0.25, -0.2) is 4.79 Å². The Morgan fingerprint density at radius 2 is 1.66 bits per heavy atom. The van der Waals surface area contributed by atoms with Crippen molar-refractivity contribution in [3.8, 4) is 0 Å². The van der Waals surface area contributed by atoms with E-state index in [1.807, 2.05) is 41.3 Å². The maximum absolute atomic E-state index is 12.7. The van der Waals surface area contributed by atoms with E-state index in [0.29, 0.717) is 23.7 Å². The van der Waals surface area contributed by atoms with E-state index in [0.717, 1.165) is 25.9 Å². The lowest BCUT2D eigenvalue weighted by atomic mass is 9.94. The van der Waals surface area contributed by atoms with Gasteiger partial charge in [0, 0.05) is 36.8 Å². The van der Waals surface area contributed by atoms with Gasteiger partial charge in [-0.05, 0) is 60.7 Å². The van der Waals surface area contributed by atoms with Gasteiger partial charge in [0.05, 0.1) is 0 Å². The number of nitrogens with zero attached hydrogens (tertiary/aromatic N) is 1. The normalized spacial score (nSPS) is 15.4. The van der Waals surface area contributed by atoms with Crippen LogP contribution in [-0.2, 0) is 6.42 Å². The van der Waals surface area contributed by atoms with Crippen LogP contribution in [0.3, 0.4) is 0 Å². The first-order chi connectivity index (χ1) is 15.6. The molecule has 5 nitrogen and oxygen atoms in total. The fourth-order valence-corrected chi connectivity index (χ4v) is 4.22. The molecule has 2 N–H and O–H groups in total. The summed E-state index contributed by atoms with van der Waals surface area (Å²) >= 11 is 0. The number of carbonyl (C=O) groups is 2. The van der Waals surface area contributed by atoms with Crippen LogP contribution in [-0.4, -0.2) is 36.5 Å². The standard InChI is InChI=1S/C27H29N3O2/c1-20-7-5-6-10-25(20)23-16-18-30(19-23)27(32)29-24-13-11-22(12-14-24)26(31)28-17-15-21-8-3-2-4-9-21/h2-14,23H,15-19H2,1H3,(H,28,31)(H,29,32). The van der Waals surface area contributed by atoms with Crippen molar-refractivity contribution < 1.29 is 9.59 Å². The van der Waals surface area contributed by atoms with Gasteiger partial charge in [-0.2, -0.15) is 0 Å². The van der Waals surface area contributed by atoms with E-state index in [1.54, 1.807) is 24.3 Å². The van der Waals surface area contributed by atoms with E-state index in [9.17, 15) is 9.59 Å². The van der Waals surface area contributed by atoms with Crippen molar-refractivity contribution in [1.82, 2.24) is 10.2 Å². The Morgan fingerprint density at radius 1 is 0.938 bits per heavy atom. The number of hydrogen-bond donors (Lipinski definition) is 2. The number of urea groups is 1. The van der Waals surface area contributed by atoms with E-state index in [2.05, 4.69) is 35.8 Å². The first-order valence-corrected chi connectivity index (χ1v) is 11.1. The van der Waals surface area contributed by atoms with Gasteiger partial charge in [0.1, 0.15) is 0 Å². The van der Waals surface area contributed by atoms with Crippen LogP contribution in [0.1, 0.15) is 39.4 Å². The van der Waals surface area contributed by atoms with Gasteiger partial charge in [-0.1, -0.05) is 54.6 Å². The van der Waals surface area contributed by atoms with Crippen LogP contribution < -0.4 is 10.6 Å². The van der Waals surface area contributed by atoms with Gasteiger partial charge in [-0.15, -0.1) is 0 Å². The maximum Gasteiger partial charge on any atom is 0.321 e. The number of likely N-dealkylation sites (tertiary alicyclic amines) is 1. The minimum Gasteiger partial charge on any atom is -0.352 e. The van der Waals surface area contributed by atoms with Crippen molar-refractivity contribution in [2.24, 2.45) is 0 Å². The van der Waals surface area contributed by atoms with Crippen LogP contribution in [0.25, 0.3) is 0 Å². The smallest absolute Gasteiger partial charge is 0.321 e. The average molecular weight is 428 g/mol. The Kier molecular flexibility index (Phi) is 6.85. The number of aryl methyl sites for hydroxylation is 1. The van der Waals surface area contributed by atoms with Crippen molar-refractivity contribution in [3.05, 3.63) is 101 Å². The van der Waals surface area contributed by atoms with E-state index in [-0.39, 0.29) is 11.9 Å². The van der Waals surface area contributed by atoms with E-state index in [1.165, 1.54) is 16.7 Å². The molecule has 0 radical (unpaired) electrons. The molecule has 3 aromatic carbocycles. The molecule has 0 aliphatic carbocycles. The average Bonchev–Trinajstić information content (AvgIpc) is 3.31. The molecule has 1 aliphatic heterocycles. The highest BCUT2D eigenvalue weighted by atomic mass is 16.2. The highest BCUT2D eigenvalue weighted by Gasteiger charge is 2.28. The predicted molar refractivity (Wildman–Crippen MR) is 128 cm³/mol. The monoisotopic (exact) mass is 427 g/mol. The molecule has 0 saturated carbocycles. The summed E-state index contributed by atoms with van der Waals surface area (Å²) < 4.78 is 0. The van der Waals surface area contributed by atoms with E-state index >= 15 is 0 Å². The van der Waals surface area contributed by atoms with Gasteiger partial charge in [0.25, 0.3) is 5.91 Å². The molecule has 1 fully saturated rings. The molecule has 3 aromatic rings. The minimum absolute atomic E-state index is 0.0962. The Balaban J connectivity index is 1.26. The zero-order chi connectivity index (χ0) is 22.3. The highest BCUT2D eigenvalue weighted by molar-refractivity contribution is 5.95. The first-order valence-electron chi connectivity index (χ1n) is 11.1. The van der Waals surface area contributed by atoms with Crippen LogP contribution in [0.4, 0.5) is 10.5 Å². The molecule has 0 bridgehead atoms. The number of nitrogens with one attached hydrogen (secondary N) is 2. The second-order valence-electron chi connectivity index (χ2n) is 8.29. The van der Waals surface area contributed by atoms with Crippen LogP contribution in [0.15, 0.2) is 78.9 Å². The SMILES string of the molecule is Cc1ccccc1C1CCN(C(=O)Nc2ccc(C(=O)NCCc3ccccc3)cc2)C1. The van der Waals surface area contributed by atoms with Gasteiger partial charge >= 0.3 is 6.03 Å². The number of benzene rings is 3. The van der Waals surface area contributed by atoms with Gasteiger partial charge < -0.3 is 15.5 Å². The molecular formula is C27H29N3O2. The Bertz CT molecular complexity index is 1060. The lowest BCUT2D eigenvalue weighted by molar-refractivity contribution is 0.0954. The summed E-state index contributed by atoms with van der Waals surface area (Å²) in [5.74, 6) is 0.267. The molecule has 32 heavy (non-hydrogen) atoms. The summed E-state index contributed by atoms with van der Waals surface area (Å²) in [7, 11) is 0. The van der Waals surface area contributed by atoms with Crippen LogP contribution in [0.2, 0.25) is 0 Å². The van der Waals surface area contributed by atoms with Crippen LogP contribution in [0, 0.1) is 6.92 Å². The topological polar surface area (TPSA) is 61.4 Å². The summed E-state index contributed by atoms with van der Waals surface area (Å²) in [6, 6.07) is 25.4. The number of rotatable bonds is 6. The molecule has 1 unspecified atom stereocenters. The minimum atomic E-state index is -0.112. The Morgan fingerprint density at radius 3 is 2.41 bits per heavy atom. The molecule has 3 amide bonds. The number of carbonyl (C=O) groups excluding carboxylic acids is 2. The lowest BCUT2D eigenvalue weighted by Crippen LogP contribution is -2.32. The van der Waals surface area contributed by atoms with Crippen LogP contribution in [0.5, 0.6) is 0 Å². The molecule has 1 atom stereocenters. The molecular weight excluding hydrogens is 398 g/mol. The molecule has 1 heterocycles. The van der Waals surface area contributed by atoms with Crippen molar-refractivity contribution >= 4 is 17.6 Å². The molecule has 4 rings (SSSR count). The fourth-order valence-electron chi connectivity index (χ4n) is 4.22. The summed E-state index contributed by atoms with van der Waals surface area (Å²) in [5, 5.41) is 5.90. The second-order valence-corrected chi connectivity index (χ2v) is 8.29. The molecule has 5 heteroatoms. The third-order valence-electron chi connectivity index (χ3n) is 6.04. The zero-order valence-electron chi connectivity index (χ0n) is 18.4. The Labute approximate surface area is 189 Å². The maximum atomic E-state index is 12.7. The van der Waals surface area contributed by atoms with Crippen molar-refractivity contribution in [2.45, 2.75) is 25.7 Å². The number of hydrogen-bond acceptors (Lipinski definition) is 2. The summed E-state index contributed by atoms with van der Waals surface area (Å²) in [6.07, 6.45) is 1.76. The molecule has 1 saturated heterocycles. The van der Waals surface area contributed by atoms with Crippen molar-refractivity contribution in [3.63, 3.8) is 0 Å². The van der Waals surface area contributed by atoms with E-state index in [4.69, 9.17) is 0 Å². The number of anilines is 1. The fraction of sp³-hybridized carbons (Fsp3) is 0.259. The summed E-state index contributed by atoms with van der Waals surface area (Å²) in [6.45, 7) is 4.17. The van der Waals surface area contributed by atoms with Crippen molar-refractivity contribution in [2.75, 3.05) is 25.0 Å². The summed E-state index contributed by atoms with van der Waals surface area (Å²) in [4.78, 5) is 26.9. The predicted octanol–water partition coefficient (Wildman–Crippen LogP) is 4.99. The third kappa shape index (κ3) is 5.35. The molecule has 0 spiro atoms. The van der Waals surface area contributed by atoms with Gasteiger partial charge in [-0.3, -0.25) is 4.79 Å². The zero-order valence-corrected chi connectivity index (χ0v) is 18.4. The second kappa shape index (κ2) is 10.1. The highest BCUT2D eigenvalue weighted by Crippen LogP contribution is 2.29. The first kappa shape index (κ1) is 21.6. The quantitative estimate of drug-likeness (QED) is 0.582. The third-order valence-corrected chi connectivity index (χ3v) is 6.04. The molecule has 164 valence electrons. The summed E-state index contributed by atoms with van der Waals surface area (Å²) in [5.41, 5.74) is 5.06. The molecule has 1 aliphatic rings. The molecule has 0 aromatic heterocycles. The van der Waals surface area contributed by atoms with Gasteiger partial charge in [0.15, 0.2) is 0 Å². The van der Waals surface area contributed by atoms with Crippen LogP contribution >= 0.6 is 0 Å². The van der Waals surface area contributed by atoms with Crippen molar-refractivity contribution in [1.29, 1.82) is 0 Å². The lowest BCUT2D eigenvalue weighted by Gasteiger charge is -2.18.